The zero-order chi connectivity index (χ0) is 19.4. The number of hydrogen-bond donors (Lipinski definition) is 2. The number of pyridine rings is 1. The molecule has 0 saturated carbocycles. The third-order valence-corrected chi connectivity index (χ3v) is 5.24. The van der Waals surface area contributed by atoms with Crippen molar-refractivity contribution in [2.24, 2.45) is 4.99 Å². The molecule has 2 N–H and O–H groups in total. The first-order valence-electron chi connectivity index (χ1n) is 9.25. The van der Waals surface area contributed by atoms with Crippen LogP contribution < -0.4 is 15.5 Å². The second kappa shape index (κ2) is 10.3. The summed E-state index contributed by atoms with van der Waals surface area (Å²) in [5, 5.41) is 11.6. The van der Waals surface area contributed by atoms with Crippen molar-refractivity contribution < 1.29 is 4.52 Å². The van der Waals surface area contributed by atoms with E-state index < -0.39 is 0 Å². The van der Waals surface area contributed by atoms with E-state index in [1.807, 2.05) is 26.0 Å². The van der Waals surface area contributed by atoms with E-state index in [1.165, 1.54) is 0 Å². The molecule has 1 saturated heterocycles. The lowest BCUT2D eigenvalue weighted by molar-refractivity contribution is 0.391. The van der Waals surface area contributed by atoms with Crippen LogP contribution in [-0.2, 0) is 0 Å². The Morgan fingerprint density at radius 2 is 2.25 bits per heavy atom. The SMILES string of the molecule is CN=C(NCC(C)c1c(C)noc1C)NC1CCN(c2ncccc2Cl)C1.I. The molecule has 154 valence electrons. The Morgan fingerprint density at radius 3 is 2.89 bits per heavy atom. The molecule has 2 unspecified atom stereocenters. The Morgan fingerprint density at radius 1 is 1.46 bits per heavy atom. The van der Waals surface area contributed by atoms with E-state index in [9.17, 15) is 0 Å². The Kier molecular flexibility index (Phi) is 8.36. The number of nitrogens with one attached hydrogen (secondary N) is 2. The van der Waals surface area contributed by atoms with Crippen LogP contribution in [0.3, 0.4) is 0 Å². The highest BCUT2D eigenvalue weighted by molar-refractivity contribution is 14.0. The molecule has 1 aliphatic rings. The highest BCUT2D eigenvalue weighted by atomic mass is 127. The van der Waals surface area contributed by atoms with Crippen LogP contribution in [0.4, 0.5) is 5.82 Å². The third kappa shape index (κ3) is 5.28. The van der Waals surface area contributed by atoms with Gasteiger partial charge in [0.25, 0.3) is 0 Å². The lowest BCUT2D eigenvalue weighted by Gasteiger charge is -2.21. The molecule has 28 heavy (non-hydrogen) atoms. The van der Waals surface area contributed by atoms with Gasteiger partial charge in [-0.25, -0.2) is 4.98 Å². The van der Waals surface area contributed by atoms with Gasteiger partial charge in [0.15, 0.2) is 5.96 Å². The predicted molar refractivity (Wildman–Crippen MR) is 124 cm³/mol. The van der Waals surface area contributed by atoms with Crippen LogP contribution in [0.1, 0.15) is 36.3 Å². The molecule has 2 aromatic rings. The molecule has 1 aliphatic heterocycles. The highest BCUT2D eigenvalue weighted by Crippen LogP contribution is 2.26. The maximum atomic E-state index is 6.27. The lowest BCUT2D eigenvalue weighted by atomic mass is 10.00. The minimum atomic E-state index is 0. The smallest absolute Gasteiger partial charge is 0.191 e. The van der Waals surface area contributed by atoms with E-state index in [1.54, 1.807) is 13.2 Å². The predicted octanol–water partition coefficient (Wildman–Crippen LogP) is 3.51. The summed E-state index contributed by atoms with van der Waals surface area (Å²) in [5.74, 6) is 2.80. The summed E-state index contributed by atoms with van der Waals surface area (Å²) in [6.45, 7) is 8.61. The molecule has 3 heterocycles. The Bertz CT molecular complexity index is 792. The summed E-state index contributed by atoms with van der Waals surface area (Å²) in [6, 6.07) is 4.02. The van der Waals surface area contributed by atoms with E-state index in [0.717, 1.165) is 54.9 Å². The number of aromatic nitrogens is 2. The van der Waals surface area contributed by atoms with Gasteiger partial charge in [0.1, 0.15) is 11.6 Å². The normalized spacial score (nSPS) is 18.0. The van der Waals surface area contributed by atoms with Crippen LogP contribution in [0.5, 0.6) is 0 Å². The molecule has 0 aromatic carbocycles. The van der Waals surface area contributed by atoms with Crippen molar-refractivity contribution in [2.45, 2.75) is 39.2 Å². The van der Waals surface area contributed by atoms with Gasteiger partial charge in [-0.2, -0.15) is 0 Å². The number of aliphatic imine (C=N–C) groups is 1. The molecule has 2 aromatic heterocycles. The Balaban J connectivity index is 0.00000280. The monoisotopic (exact) mass is 518 g/mol. The maximum absolute atomic E-state index is 6.27. The van der Waals surface area contributed by atoms with Gasteiger partial charge in [0.05, 0.1) is 10.7 Å². The van der Waals surface area contributed by atoms with Gasteiger partial charge < -0.3 is 20.1 Å². The maximum Gasteiger partial charge on any atom is 0.191 e. The van der Waals surface area contributed by atoms with Gasteiger partial charge in [-0.3, -0.25) is 4.99 Å². The number of anilines is 1. The molecule has 0 aliphatic carbocycles. The molecule has 0 radical (unpaired) electrons. The molecular weight excluding hydrogens is 491 g/mol. The number of halogens is 2. The molecule has 1 fully saturated rings. The molecule has 3 rings (SSSR count). The molecule has 0 bridgehead atoms. The fourth-order valence-corrected chi connectivity index (χ4v) is 3.86. The number of guanidine groups is 1. The molecular formula is C19H28ClIN6O. The zero-order valence-corrected chi connectivity index (χ0v) is 19.8. The van der Waals surface area contributed by atoms with Crippen molar-refractivity contribution in [1.29, 1.82) is 0 Å². The van der Waals surface area contributed by atoms with Crippen molar-refractivity contribution in [3.05, 3.63) is 40.4 Å². The minimum Gasteiger partial charge on any atom is -0.361 e. The van der Waals surface area contributed by atoms with Crippen molar-refractivity contribution >= 4 is 47.4 Å². The number of nitrogens with zero attached hydrogens (tertiary/aromatic N) is 4. The summed E-state index contributed by atoms with van der Waals surface area (Å²) in [5.41, 5.74) is 2.11. The van der Waals surface area contributed by atoms with Crippen LogP contribution in [0, 0.1) is 13.8 Å². The number of aryl methyl sites for hydroxylation is 2. The first-order chi connectivity index (χ1) is 13.0. The quantitative estimate of drug-likeness (QED) is 0.358. The topological polar surface area (TPSA) is 78.6 Å². The molecule has 2 atom stereocenters. The van der Waals surface area contributed by atoms with Crippen LogP contribution in [0.2, 0.25) is 5.02 Å². The van der Waals surface area contributed by atoms with E-state index in [0.29, 0.717) is 11.1 Å². The summed E-state index contributed by atoms with van der Waals surface area (Å²) in [6.07, 6.45) is 2.78. The minimum absolute atomic E-state index is 0. The number of hydrogen-bond acceptors (Lipinski definition) is 5. The zero-order valence-electron chi connectivity index (χ0n) is 16.7. The average Bonchev–Trinajstić information content (AvgIpc) is 3.25. The second-order valence-electron chi connectivity index (χ2n) is 6.98. The first kappa shape index (κ1) is 22.7. The van der Waals surface area contributed by atoms with Crippen LogP contribution in [0.15, 0.2) is 27.8 Å². The van der Waals surface area contributed by atoms with E-state index >= 15 is 0 Å². The molecule has 0 spiro atoms. The second-order valence-corrected chi connectivity index (χ2v) is 7.38. The summed E-state index contributed by atoms with van der Waals surface area (Å²) >= 11 is 6.27. The van der Waals surface area contributed by atoms with Crippen molar-refractivity contribution in [3.8, 4) is 0 Å². The van der Waals surface area contributed by atoms with Crippen molar-refractivity contribution in [2.75, 3.05) is 31.6 Å². The summed E-state index contributed by atoms with van der Waals surface area (Å²) in [7, 11) is 1.79. The van der Waals surface area contributed by atoms with Crippen molar-refractivity contribution in [1.82, 2.24) is 20.8 Å². The Hall–Kier alpha value is -1.55. The average molecular weight is 519 g/mol. The van der Waals surface area contributed by atoms with Crippen molar-refractivity contribution in [3.63, 3.8) is 0 Å². The van der Waals surface area contributed by atoms with E-state index in [-0.39, 0.29) is 29.9 Å². The third-order valence-electron chi connectivity index (χ3n) is 4.95. The molecule has 0 amide bonds. The largest absolute Gasteiger partial charge is 0.361 e. The van der Waals surface area contributed by atoms with Gasteiger partial charge in [-0.1, -0.05) is 23.7 Å². The van der Waals surface area contributed by atoms with Gasteiger partial charge in [-0.15, -0.1) is 24.0 Å². The summed E-state index contributed by atoms with van der Waals surface area (Å²) < 4.78 is 5.27. The van der Waals surface area contributed by atoms with Gasteiger partial charge in [0, 0.05) is 50.4 Å². The van der Waals surface area contributed by atoms with Crippen LogP contribution in [-0.4, -0.2) is 48.8 Å². The molecule has 7 nitrogen and oxygen atoms in total. The Labute approximate surface area is 188 Å². The summed E-state index contributed by atoms with van der Waals surface area (Å²) in [4.78, 5) is 11.0. The fourth-order valence-electron chi connectivity index (χ4n) is 3.61. The number of rotatable bonds is 5. The van der Waals surface area contributed by atoms with Crippen LogP contribution >= 0.6 is 35.6 Å². The van der Waals surface area contributed by atoms with Crippen LogP contribution in [0.25, 0.3) is 0 Å². The van der Waals surface area contributed by atoms with E-state index in [2.05, 4.69) is 37.6 Å². The molecule has 9 heteroatoms. The highest BCUT2D eigenvalue weighted by Gasteiger charge is 2.25. The lowest BCUT2D eigenvalue weighted by Crippen LogP contribution is -2.45. The first-order valence-corrected chi connectivity index (χ1v) is 9.62. The standard InChI is InChI=1S/C19H27ClN6O.HI/c1-12(17-13(2)25-27-14(17)3)10-23-19(21-4)24-15-7-9-26(11-15)18-16(20)6-5-8-22-18;/h5-6,8,12,15H,7,9-11H2,1-4H3,(H2,21,23,24);1H. The fraction of sp³-hybridized carbons (Fsp3) is 0.526. The van der Waals surface area contributed by atoms with Gasteiger partial charge >= 0.3 is 0 Å². The van der Waals surface area contributed by atoms with E-state index in [4.69, 9.17) is 16.1 Å². The van der Waals surface area contributed by atoms with Gasteiger partial charge in [-0.05, 0) is 32.4 Å². The van der Waals surface area contributed by atoms with Gasteiger partial charge in [0.2, 0.25) is 0 Å².